The van der Waals surface area contributed by atoms with Crippen molar-refractivity contribution < 1.29 is 13.2 Å². The van der Waals surface area contributed by atoms with Gasteiger partial charge in [-0.25, -0.2) is 0 Å². The van der Waals surface area contributed by atoms with Crippen molar-refractivity contribution in [3.05, 3.63) is 35.4 Å². The molecule has 1 aromatic rings. The standard InChI is InChI=1S/C21H31F3N6/c1-25-20(26-12-19-15-28-8-10-30(19)11-9-28)27-18-6-7-29(14-18)13-16-2-4-17(5-3-16)21(22,23)24/h2-5,18-19H,6-15H2,1H3,(H2,25,26,27). The topological polar surface area (TPSA) is 46.1 Å². The third kappa shape index (κ3) is 5.25. The van der Waals surface area contributed by atoms with Crippen molar-refractivity contribution in [2.45, 2.75) is 31.2 Å². The predicted molar refractivity (Wildman–Crippen MR) is 111 cm³/mol. The molecule has 4 heterocycles. The largest absolute Gasteiger partial charge is 0.416 e. The minimum atomic E-state index is -4.28. The molecule has 0 radical (unpaired) electrons. The molecule has 4 aliphatic heterocycles. The number of nitrogens with one attached hydrogen (secondary N) is 2. The Morgan fingerprint density at radius 2 is 1.80 bits per heavy atom. The molecule has 0 aliphatic carbocycles. The van der Waals surface area contributed by atoms with Crippen LogP contribution in [0.15, 0.2) is 29.3 Å². The Bertz CT molecular complexity index is 727. The summed E-state index contributed by atoms with van der Waals surface area (Å²) in [5, 5.41) is 6.99. The van der Waals surface area contributed by atoms with E-state index in [2.05, 4.69) is 30.3 Å². The summed E-state index contributed by atoms with van der Waals surface area (Å²) in [5.74, 6) is 0.828. The lowest BCUT2D eigenvalue weighted by Crippen LogP contribution is -2.64. The number of halogens is 3. The molecule has 0 aromatic heterocycles. The smallest absolute Gasteiger partial charge is 0.355 e. The fourth-order valence-electron chi connectivity index (χ4n) is 4.67. The second-order valence-electron chi connectivity index (χ2n) is 8.50. The maximum Gasteiger partial charge on any atom is 0.416 e. The Labute approximate surface area is 176 Å². The zero-order valence-corrected chi connectivity index (χ0v) is 17.5. The molecule has 4 fully saturated rings. The molecule has 166 valence electrons. The maximum absolute atomic E-state index is 12.7. The van der Waals surface area contributed by atoms with E-state index >= 15 is 0 Å². The van der Waals surface area contributed by atoms with Crippen molar-refractivity contribution in [2.24, 2.45) is 4.99 Å². The fourth-order valence-corrected chi connectivity index (χ4v) is 4.67. The number of benzene rings is 1. The number of aliphatic imine (C=N–C) groups is 1. The van der Waals surface area contributed by atoms with Gasteiger partial charge >= 0.3 is 6.18 Å². The number of likely N-dealkylation sites (tertiary alicyclic amines) is 1. The second-order valence-corrected chi connectivity index (χ2v) is 8.50. The highest BCUT2D eigenvalue weighted by atomic mass is 19.4. The monoisotopic (exact) mass is 424 g/mol. The van der Waals surface area contributed by atoms with Crippen LogP contribution in [0.5, 0.6) is 0 Å². The molecule has 0 amide bonds. The van der Waals surface area contributed by atoms with E-state index in [1.54, 1.807) is 19.2 Å². The SMILES string of the molecule is CN=C(NCC1CN2CCN1CC2)NC1CCN(Cc2ccc(C(F)(F)F)cc2)C1. The lowest BCUT2D eigenvalue weighted by molar-refractivity contribution is -0.137. The van der Waals surface area contributed by atoms with E-state index in [9.17, 15) is 13.2 Å². The van der Waals surface area contributed by atoms with Gasteiger partial charge in [-0.05, 0) is 24.1 Å². The van der Waals surface area contributed by atoms with Crippen LogP contribution in [0.2, 0.25) is 0 Å². The van der Waals surface area contributed by atoms with Gasteiger partial charge in [-0.15, -0.1) is 0 Å². The highest BCUT2D eigenvalue weighted by Crippen LogP contribution is 2.29. The fraction of sp³-hybridized carbons (Fsp3) is 0.667. The Morgan fingerprint density at radius 1 is 1.07 bits per heavy atom. The molecule has 4 saturated heterocycles. The van der Waals surface area contributed by atoms with E-state index in [0.29, 0.717) is 12.6 Å². The zero-order chi connectivity index (χ0) is 21.1. The van der Waals surface area contributed by atoms with E-state index in [1.807, 2.05) is 0 Å². The summed E-state index contributed by atoms with van der Waals surface area (Å²) < 4.78 is 38.1. The van der Waals surface area contributed by atoms with Gasteiger partial charge in [-0.2, -0.15) is 13.2 Å². The molecule has 1 aromatic carbocycles. The first-order chi connectivity index (χ1) is 14.4. The van der Waals surface area contributed by atoms with Crippen LogP contribution in [0.3, 0.4) is 0 Å². The van der Waals surface area contributed by atoms with Gasteiger partial charge in [0.1, 0.15) is 0 Å². The molecule has 2 bridgehead atoms. The van der Waals surface area contributed by atoms with Crippen LogP contribution in [0.1, 0.15) is 17.5 Å². The van der Waals surface area contributed by atoms with Gasteiger partial charge in [-0.1, -0.05) is 12.1 Å². The molecule has 2 unspecified atom stereocenters. The average Bonchev–Trinajstić information content (AvgIpc) is 3.18. The number of rotatable bonds is 5. The summed E-state index contributed by atoms with van der Waals surface area (Å²) in [6.07, 6.45) is -3.29. The third-order valence-electron chi connectivity index (χ3n) is 6.42. The van der Waals surface area contributed by atoms with Gasteiger partial charge in [0.2, 0.25) is 0 Å². The Hall–Kier alpha value is -1.84. The van der Waals surface area contributed by atoms with Gasteiger partial charge in [0, 0.05) is 78.0 Å². The van der Waals surface area contributed by atoms with Gasteiger partial charge in [0.05, 0.1) is 5.56 Å². The number of fused-ring (bicyclic) bond motifs is 3. The van der Waals surface area contributed by atoms with Crippen LogP contribution in [-0.2, 0) is 12.7 Å². The summed E-state index contributed by atoms with van der Waals surface area (Å²) >= 11 is 0. The van der Waals surface area contributed by atoms with Crippen molar-refractivity contribution in [3.8, 4) is 0 Å². The number of hydrogen-bond acceptors (Lipinski definition) is 4. The molecule has 2 N–H and O–H groups in total. The van der Waals surface area contributed by atoms with Crippen LogP contribution in [0.4, 0.5) is 13.2 Å². The summed E-state index contributed by atoms with van der Waals surface area (Å²) in [4.78, 5) is 11.7. The van der Waals surface area contributed by atoms with Crippen molar-refractivity contribution in [3.63, 3.8) is 0 Å². The number of nitrogens with zero attached hydrogens (tertiary/aromatic N) is 4. The number of guanidine groups is 1. The van der Waals surface area contributed by atoms with Gasteiger partial charge in [0.15, 0.2) is 5.96 Å². The molecule has 0 spiro atoms. The van der Waals surface area contributed by atoms with Gasteiger partial charge in [0.25, 0.3) is 0 Å². The highest BCUT2D eigenvalue weighted by molar-refractivity contribution is 5.80. The quantitative estimate of drug-likeness (QED) is 0.554. The summed E-state index contributed by atoms with van der Waals surface area (Å²) in [6.45, 7) is 9.11. The van der Waals surface area contributed by atoms with Crippen molar-refractivity contribution in [1.82, 2.24) is 25.3 Å². The minimum Gasteiger partial charge on any atom is -0.355 e. The molecule has 9 heteroatoms. The first-order valence-corrected chi connectivity index (χ1v) is 10.7. The molecule has 5 rings (SSSR count). The molecule has 6 nitrogen and oxygen atoms in total. The predicted octanol–water partition coefficient (Wildman–Crippen LogP) is 1.44. The van der Waals surface area contributed by atoms with Crippen LogP contribution in [-0.4, -0.2) is 92.1 Å². The summed E-state index contributed by atoms with van der Waals surface area (Å²) in [5.41, 5.74) is 0.309. The van der Waals surface area contributed by atoms with E-state index in [1.165, 1.54) is 13.1 Å². The second kappa shape index (κ2) is 9.11. The average molecular weight is 425 g/mol. The molecule has 2 atom stereocenters. The number of alkyl halides is 3. The summed E-state index contributed by atoms with van der Waals surface area (Å²) in [6, 6.07) is 6.30. The Morgan fingerprint density at radius 3 is 2.40 bits per heavy atom. The van der Waals surface area contributed by atoms with Gasteiger partial charge in [-0.3, -0.25) is 19.7 Å². The van der Waals surface area contributed by atoms with E-state index in [-0.39, 0.29) is 6.04 Å². The lowest BCUT2D eigenvalue weighted by Gasteiger charge is -2.47. The first-order valence-electron chi connectivity index (χ1n) is 10.7. The Balaban J connectivity index is 1.22. The maximum atomic E-state index is 12.7. The van der Waals surface area contributed by atoms with Crippen molar-refractivity contribution >= 4 is 5.96 Å². The highest BCUT2D eigenvalue weighted by Gasteiger charge is 2.32. The van der Waals surface area contributed by atoms with Gasteiger partial charge < -0.3 is 10.6 Å². The van der Waals surface area contributed by atoms with E-state index < -0.39 is 11.7 Å². The molecular weight excluding hydrogens is 393 g/mol. The lowest BCUT2D eigenvalue weighted by atomic mass is 10.1. The zero-order valence-electron chi connectivity index (χ0n) is 17.5. The molecule has 0 saturated carbocycles. The number of hydrogen-bond donors (Lipinski definition) is 2. The molecule has 4 aliphatic rings. The first kappa shape index (κ1) is 21.4. The Kier molecular flexibility index (Phi) is 6.50. The molecular formula is C21H31F3N6. The van der Waals surface area contributed by atoms with Crippen LogP contribution >= 0.6 is 0 Å². The van der Waals surface area contributed by atoms with Crippen molar-refractivity contribution in [1.29, 1.82) is 0 Å². The van der Waals surface area contributed by atoms with Crippen LogP contribution < -0.4 is 10.6 Å². The van der Waals surface area contributed by atoms with E-state index in [4.69, 9.17) is 0 Å². The van der Waals surface area contributed by atoms with Crippen LogP contribution in [0.25, 0.3) is 0 Å². The van der Waals surface area contributed by atoms with Crippen LogP contribution in [0, 0.1) is 0 Å². The third-order valence-corrected chi connectivity index (χ3v) is 6.42. The molecule has 30 heavy (non-hydrogen) atoms. The van der Waals surface area contributed by atoms with E-state index in [0.717, 1.165) is 69.3 Å². The summed E-state index contributed by atoms with van der Waals surface area (Å²) in [7, 11) is 1.79. The van der Waals surface area contributed by atoms with Crippen molar-refractivity contribution in [2.75, 3.05) is 59.4 Å². The minimum absolute atomic E-state index is 0.289. The normalized spacial score (nSPS) is 29.9. The number of piperazine rings is 3.